The molecule has 1 aromatic heterocycles. The Labute approximate surface area is 114 Å². The van der Waals surface area contributed by atoms with Gasteiger partial charge in [0.1, 0.15) is 11.5 Å². The molecule has 1 amide bonds. The van der Waals surface area contributed by atoms with Gasteiger partial charge < -0.3 is 9.73 Å². The molecule has 0 bridgehead atoms. The van der Waals surface area contributed by atoms with Crippen molar-refractivity contribution in [3.63, 3.8) is 0 Å². The van der Waals surface area contributed by atoms with E-state index in [0.717, 1.165) is 6.07 Å². The molecule has 1 N–H and O–H groups in total. The molecule has 1 aromatic carbocycles. The van der Waals surface area contributed by atoms with Gasteiger partial charge in [-0.3, -0.25) is 4.79 Å². The van der Waals surface area contributed by atoms with Gasteiger partial charge >= 0.3 is 0 Å². The molecule has 0 spiro atoms. The maximum absolute atomic E-state index is 14.1. The summed E-state index contributed by atoms with van der Waals surface area (Å²) in [5, 5.41) is 2.40. The monoisotopic (exact) mass is 280 g/mol. The van der Waals surface area contributed by atoms with Gasteiger partial charge in [0.15, 0.2) is 17.5 Å². The van der Waals surface area contributed by atoms with E-state index in [1.54, 1.807) is 20.8 Å². The van der Waals surface area contributed by atoms with Crippen molar-refractivity contribution in [1.29, 1.82) is 0 Å². The van der Waals surface area contributed by atoms with E-state index >= 15 is 0 Å². The van der Waals surface area contributed by atoms with Crippen LogP contribution in [0.25, 0.3) is 11.3 Å². The van der Waals surface area contributed by atoms with Crippen LogP contribution in [0.2, 0.25) is 0 Å². The number of hydrogen-bond donors (Lipinski definition) is 1. The van der Waals surface area contributed by atoms with Gasteiger partial charge in [-0.25, -0.2) is 13.8 Å². The molecule has 1 heterocycles. The molecule has 4 nitrogen and oxygen atoms in total. The van der Waals surface area contributed by atoms with Crippen LogP contribution in [-0.4, -0.2) is 17.9 Å². The minimum atomic E-state index is -1.09. The summed E-state index contributed by atoms with van der Waals surface area (Å²) in [5.74, 6) is -1.89. The third-order valence-electron chi connectivity index (χ3n) is 3.09. The van der Waals surface area contributed by atoms with Crippen molar-refractivity contribution in [3.8, 4) is 11.3 Å². The van der Waals surface area contributed by atoms with Crippen LogP contribution >= 0.6 is 0 Å². The molecule has 0 aliphatic carbocycles. The Kier molecular flexibility index (Phi) is 3.57. The fourth-order valence-electron chi connectivity index (χ4n) is 2.13. The fraction of sp³-hybridized carbons (Fsp3) is 0.286. The first-order chi connectivity index (χ1) is 9.36. The normalized spacial score (nSPS) is 10.7. The number of rotatable bonds is 2. The van der Waals surface area contributed by atoms with Gasteiger partial charge in [-0.05, 0) is 25.5 Å². The molecule has 2 rings (SSSR count). The first-order valence-electron chi connectivity index (χ1n) is 6.01. The van der Waals surface area contributed by atoms with Crippen molar-refractivity contribution in [1.82, 2.24) is 10.3 Å². The third-order valence-corrected chi connectivity index (χ3v) is 3.09. The molecular weight excluding hydrogens is 266 g/mol. The summed E-state index contributed by atoms with van der Waals surface area (Å²) in [6.45, 7) is 4.77. The van der Waals surface area contributed by atoms with E-state index < -0.39 is 17.5 Å². The van der Waals surface area contributed by atoms with E-state index in [1.807, 2.05) is 0 Å². The number of amides is 1. The number of benzene rings is 1. The predicted molar refractivity (Wildman–Crippen MR) is 69.5 cm³/mol. The van der Waals surface area contributed by atoms with Crippen molar-refractivity contribution < 1.29 is 18.0 Å². The molecular formula is C14H14F2N2O2. The number of carbonyl (C=O) groups is 1. The molecule has 0 saturated carbocycles. The number of aryl methyl sites for hydroxylation is 2. The zero-order valence-electron chi connectivity index (χ0n) is 11.6. The maximum atomic E-state index is 14.1. The quantitative estimate of drug-likeness (QED) is 0.920. The summed E-state index contributed by atoms with van der Waals surface area (Å²) in [5.41, 5.74) is 0.557. The van der Waals surface area contributed by atoms with E-state index in [1.165, 1.54) is 7.05 Å². The Hall–Kier alpha value is -2.24. The lowest BCUT2D eigenvalue weighted by atomic mass is 9.97. The van der Waals surface area contributed by atoms with Crippen LogP contribution in [0, 0.1) is 32.4 Å². The van der Waals surface area contributed by atoms with Gasteiger partial charge in [0, 0.05) is 25.1 Å². The van der Waals surface area contributed by atoms with Crippen LogP contribution in [0.4, 0.5) is 8.78 Å². The summed E-state index contributed by atoms with van der Waals surface area (Å²) in [6, 6.07) is 0.884. The minimum Gasteiger partial charge on any atom is -0.446 e. The van der Waals surface area contributed by atoms with E-state index in [-0.39, 0.29) is 16.8 Å². The van der Waals surface area contributed by atoms with Crippen LogP contribution in [0.15, 0.2) is 10.5 Å². The fourth-order valence-corrected chi connectivity index (χ4v) is 2.13. The number of nitrogens with one attached hydrogen (secondary N) is 1. The lowest BCUT2D eigenvalue weighted by Gasteiger charge is -2.11. The van der Waals surface area contributed by atoms with Crippen molar-refractivity contribution in [2.45, 2.75) is 20.8 Å². The SMILES string of the molecule is CNC(=O)c1cc(F)c(F)c(-c2nc(C)oc2C)c1C. The molecule has 0 radical (unpaired) electrons. The Morgan fingerprint density at radius 2 is 1.95 bits per heavy atom. The smallest absolute Gasteiger partial charge is 0.251 e. The number of carbonyl (C=O) groups excluding carboxylic acids is 1. The number of hydrogen-bond acceptors (Lipinski definition) is 3. The first kappa shape index (κ1) is 14.2. The highest BCUT2D eigenvalue weighted by Crippen LogP contribution is 2.32. The van der Waals surface area contributed by atoms with Crippen LogP contribution in [0.1, 0.15) is 27.6 Å². The highest BCUT2D eigenvalue weighted by molar-refractivity contribution is 5.97. The van der Waals surface area contributed by atoms with Crippen LogP contribution in [-0.2, 0) is 0 Å². The summed E-state index contributed by atoms with van der Waals surface area (Å²) >= 11 is 0. The zero-order chi connectivity index (χ0) is 15.0. The van der Waals surface area contributed by atoms with Gasteiger partial charge in [0.2, 0.25) is 0 Å². The van der Waals surface area contributed by atoms with Crippen molar-refractivity contribution >= 4 is 5.91 Å². The van der Waals surface area contributed by atoms with Crippen molar-refractivity contribution in [2.24, 2.45) is 0 Å². The average molecular weight is 280 g/mol. The molecule has 20 heavy (non-hydrogen) atoms. The third kappa shape index (κ3) is 2.17. The number of halogens is 2. The van der Waals surface area contributed by atoms with E-state index in [9.17, 15) is 13.6 Å². The second-order valence-corrected chi connectivity index (χ2v) is 4.44. The Bertz CT molecular complexity index is 693. The van der Waals surface area contributed by atoms with Crippen LogP contribution in [0.5, 0.6) is 0 Å². The number of nitrogens with zero attached hydrogens (tertiary/aromatic N) is 1. The van der Waals surface area contributed by atoms with Gasteiger partial charge in [-0.1, -0.05) is 0 Å². The van der Waals surface area contributed by atoms with Crippen molar-refractivity contribution in [2.75, 3.05) is 7.05 Å². The molecule has 0 aliphatic rings. The molecule has 0 aliphatic heterocycles. The largest absolute Gasteiger partial charge is 0.446 e. The van der Waals surface area contributed by atoms with E-state index in [2.05, 4.69) is 10.3 Å². The first-order valence-corrected chi connectivity index (χ1v) is 6.01. The number of aromatic nitrogens is 1. The molecule has 0 atom stereocenters. The van der Waals surface area contributed by atoms with Crippen molar-refractivity contribution in [3.05, 3.63) is 40.5 Å². The van der Waals surface area contributed by atoms with Gasteiger partial charge in [0.05, 0.1) is 0 Å². The lowest BCUT2D eigenvalue weighted by Crippen LogP contribution is -2.20. The zero-order valence-corrected chi connectivity index (χ0v) is 11.6. The predicted octanol–water partition coefficient (Wildman–Crippen LogP) is 2.90. The summed E-state index contributed by atoms with van der Waals surface area (Å²) < 4.78 is 33.1. The summed E-state index contributed by atoms with van der Waals surface area (Å²) in [7, 11) is 1.42. The van der Waals surface area contributed by atoms with Gasteiger partial charge in [-0.15, -0.1) is 0 Å². The highest BCUT2D eigenvalue weighted by Gasteiger charge is 2.24. The molecule has 2 aromatic rings. The molecule has 0 unspecified atom stereocenters. The molecule has 106 valence electrons. The molecule has 0 saturated heterocycles. The minimum absolute atomic E-state index is 0.0436. The Morgan fingerprint density at radius 1 is 1.30 bits per heavy atom. The highest BCUT2D eigenvalue weighted by atomic mass is 19.2. The second kappa shape index (κ2) is 5.03. The van der Waals surface area contributed by atoms with Gasteiger partial charge in [0.25, 0.3) is 5.91 Å². The number of oxazole rings is 1. The van der Waals surface area contributed by atoms with Crippen LogP contribution < -0.4 is 5.32 Å². The lowest BCUT2D eigenvalue weighted by molar-refractivity contribution is 0.0962. The average Bonchev–Trinajstić information content (AvgIpc) is 2.72. The summed E-state index contributed by atoms with van der Waals surface area (Å²) in [4.78, 5) is 15.8. The summed E-state index contributed by atoms with van der Waals surface area (Å²) in [6.07, 6.45) is 0. The van der Waals surface area contributed by atoms with E-state index in [0.29, 0.717) is 17.2 Å². The van der Waals surface area contributed by atoms with Gasteiger partial charge in [-0.2, -0.15) is 0 Å². The maximum Gasteiger partial charge on any atom is 0.251 e. The standard InChI is InChI=1S/C14H14F2N2O2/c1-6-9(14(19)17-4)5-10(15)12(16)11(6)13-7(2)20-8(3)18-13/h5H,1-4H3,(H,17,19). The Balaban J connectivity index is 2.78. The Morgan fingerprint density at radius 3 is 2.45 bits per heavy atom. The second-order valence-electron chi connectivity index (χ2n) is 4.44. The topological polar surface area (TPSA) is 55.1 Å². The van der Waals surface area contributed by atoms with Crippen LogP contribution in [0.3, 0.4) is 0 Å². The molecule has 6 heteroatoms. The molecule has 0 fully saturated rings. The van der Waals surface area contributed by atoms with E-state index in [4.69, 9.17) is 4.42 Å².